The molecule has 3 aliphatic rings. The molecule has 3 heterocycles. The second-order valence-electron chi connectivity index (χ2n) is 8.41. The van der Waals surface area contributed by atoms with E-state index in [1.807, 2.05) is 17.0 Å². The van der Waals surface area contributed by atoms with Gasteiger partial charge in [-0.05, 0) is 65.4 Å². The monoisotopic (exact) mass is 520 g/mol. The maximum atomic E-state index is 13.9. The van der Waals surface area contributed by atoms with E-state index in [1.54, 1.807) is 38.5 Å². The molecule has 0 saturated carbocycles. The summed E-state index contributed by atoms with van der Waals surface area (Å²) in [6.07, 6.45) is 2.71. The van der Waals surface area contributed by atoms with Crippen LogP contribution in [0.1, 0.15) is 36.4 Å². The number of sulfonamides is 1. The summed E-state index contributed by atoms with van der Waals surface area (Å²) < 4.78 is 40.9. The molecule has 32 heavy (non-hydrogen) atoms. The van der Waals surface area contributed by atoms with Gasteiger partial charge in [0, 0.05) is 22.6 Å². The molecule has 3 unspecified atom stereocenters. The van der Waals surface area contributed by atoms with Gasteiger partial charge < -0.3 is 14.4 Å². The summed E-state index contributed by atoms with van der Waals surface area (Å²) in [6.45, 7) is 0.558. The number of piperazine rings is 1. The van der Waals surface area contributed by atoms with Crippen LogP contribution in [0.2, 0.25) is 0 Å². The zero-order chi connectivity index (χ0) is 22.6. The van der Waals surface area contributed by atoms with Crippen LogP contribution in [0.3, 0.4) is 0 Å². The van der Waals surface area contributed by atoms with Crippen molar-refractivity contribution in [2.75, 3.05) is 20.8 Å². The second kappa shape index (κ2) is 8.04. The SMILES string of the molecule is COc1cc2c(c(OC)c1)C1C3CCCC(C(=O)N1CC2)N3S(=O)(=O)c1ccccc1Br. The standard InChI is InChI=1S/C23H25BrN2O5S/c1-30-15-12-14-10-11-25-22(21(14)19(13-15)31-2)17-7-5-8-18(23(25)27)26(17)32(28,29)20-9-4-3-6-16(20)24/h3-4,6,9,12-13,17-18,22H,5,7-8,10-11H2,1-2H3. The van der Waals surface area contributed by atoms with Gasteiger partial charge in [-0.2, -0.15) is 4.31 Å². The quantitative estimate of drug-likeness (QED) is 0.616. The average molecular weight is 521 g/mol. The van der Waals surface area contributed by atoms with Gasteiger partial charge in [0.05, 0.1) is 31.2 Å². The first kappa shape index (κ1) is 21.7. The van der Waals surface area contributed by atoms with Crippen molar-refractivity contribution >= 4 is 31.9 Å². The number of benzene rings is 2. The van der Waals surface area contributed by atoms with Crippen molar-refractivity contribution in [2.45, 2.75) is 48.7 Å². The molecule has 0 aliphatic carbocycles. The fourth-order valence-corrected chi connectivity index (χ4v) is 8.31. The van der Waals surface area contributed by atoms with Gasteiger partial charge in [0.15, 0.2) is 0 Å². The van der Waals surface area contributed by atoms with Gasteiger partial charge in [-0.15, -0.1) is 0 Å². The van der Waals surface area contributed by atoms with E-state index in [9.17, 15) is 13.2 Å². The lowest BCUT2D eigenvalue weighted by Gasteiger charge is -2.54. The summed E-state index contributed by atoms with van der Waals surface area (Å²) in [5, 5.41) is 0. The molecule has 170 valence electrons. The Kier molecular flexibility index (Phi) is 5.46. The van der Waals surface area contributed by atoms with Crippen LogP contribution in [0.5, 0.6) is 11.5 Å². The van der Waals surface area contributed by atoms with E-state index in [0.717, 1.165) is 17.5 Å². The van der Waals surface area contributed by atoms with E-state index in [4.69, 9.17) is 9.47 Å². The molecule has 3 atom stereocenters. The van der Waals surface area contributed by atoms with Crippen molar-refractivity contribution in [3.8, 4) is 11.5 Å². The number of hydrogen-bond acceptors (Lipinski definition) is 5. The normalized spacial score (nSPS) is 25.2. The topological polar surface area (TPSA) is 76.2 Å². The van der Waals surface area contributed by atoms with Crippen LogP contribution in [-0.2, 0) is 21.2 Å². The molecule has 7 nitrogen and oxygen atoms in total. The Morgan fingerprint density at radius 1 is 1.09 bits per heavy atom. The zero-order valence-corrected chi connectivity index (χ0v) is 20.4. The highest BCUT2D eigenvalue weighted by atomic mass is 79.9. The van der Waals surface area contributed by atoms with Gasteiger partial charge in [-0.25, -0.2) is 8.42 Å². The summed E-state index contributed by atoms with van der Waals surface area (Å²) in [7, 11) is -0.692. The predicted molar refractivity (Wildman–Crippen MR) is 122 cm³/mol. The molecule has 3 aliphatic heterocycles. The minimum Gasteiger partial charge on any atom is -0.497 e. The van der Waals surface area contributed by atoms with E-state index in [-0.39, 0.29) is 22.9 Å². The van der Waals surface area contributed by atoms with Gasteiger partial charge in [0.25, 0.3) is 0 Å². The molecular formula is C23H25BrN2O5S. The van der Waals surface area contributed by atoms with E-state index in [1.165, 1.54) is 4.31 Å². The molecule has 0 radical (unpaired) electrons. The van der Waals surface area contributed by atoms with Crippen molar-refractivity contribution in [2.24, 2.45) is 0 Å². The summed E-state index contributed by atoms with van der Waals surface area (Å²) in [4.78, 5) is 15.7. The largest absolute Gasteiger partial charge is 0.497 e. The molecule has 9 heteroatoms. The molecule has 1 amide bonds. The van der Waals surface area contributed by atoms with Crippen molar-refractivity contribution in [3.05, 3.63) is 52.0 Å². The van der Waals surface area contributed by atoms with Crippen LogP contribution in [0, 0.1) is 0 Å². The highest BCUT2D eigenvalue weighted by Crippen LogP contribution is 2.50. The lowest BCUT2D eigenvalue weighted by molar-refractivity contribution is -0.150. The Hall–Kier alpha value is -2.10. The average Bonchev–Trinajstić information content (AvgIpc) is 2.81. The number of ether oxygens (including phenoxy) is 2. The van der Waals surface area contributed by atoms with Crippen LogP contribution < -0.4 is 9.47 Å². The molecule has 2 saturated heterocycles. The third-order valence-electron chi connectivity index (χ3n) is 6.85. The number of piperidine rings is 1. The Morgan fingerprint density at radius 2 is 1.88 bits per heavy atom. The number of fused-ring (bicyclic) bond motifs is 6. The summed E-state index contributed by atoms with van der Waals surface area (Å²) >= 11 is 3.39. The first-order valence-electron chi connectivity index (χ1n) is 10.7. The minimum atomic E-state index is -3.90. The van der Waals surface area contributed by atoms with E-state index < -0.39 is 16.1 Å². The maximum absolute atomic E-state index is 13.9. The number of hydrogen-bond donors (Lipinski definition) is 0. The molecule has 0 aromatic heterocycles. The van der Waals surface area contributed by atoms with Gasteiger partial charge in [-0.1, -0.05) is 12.1 Å². The fourth-order valence-electron chi connectivity index (χ4n) is 5.51. The van der Waals surface area contributed by atoms with Crippen LogP contribution >= 0.6 is 15.9 Å². The number of carbonyl (C=O) groups excluding carboxylic acids is 1. The highest BCUT2D eigenvalue weighted by Gasteiger charge is 2.55. The van der Waals surface area contributed by atoms with Gasteiger partial charge in [0.1, 0.15) is 17.5 Å². The summed E-state index contributed by atoms with van der Waals surface area (Å²) in [5.41, 5.74) is 1.93. The molecule has 0 N–H and O–H groups in total. The second-order valence-corrected chi connectivity index (χ2v) is 11.1. The Bertz CT molecular complexity index is 1170. The number of methoxy groups -OCH3 is 2. The van der Waals surface area contributed by atoms with Gasteiger partial charge >= 0.3 is 0 Å². The minimum absolute atomic E-state index is 0.120. The molecule has 2 bridgehead atoms. The first-order valence-corrected chi connectivity index (χ1v) is 12.9. The van der Waals surface area contributed by atoms with Crippen LogP contribution in [0.25, 0.3) is 0 Å². The predicted octanol–water partition coefficient (Wildman–Crippen LogP) is 3.52. The third kappa shape index (κ3) is 3.16. The summed E-state index contributed by atoms with van der Waals surface area (Å²) in [5.74, 6) is 1.20. The molecule has 2 aromatic rings. The highest BCUT2D eigenvalue weighted by molar-refractivity contribution is 9.10. The van der Waals surface area contributed by atoms with E-state index in [2.05, 4.69) is 15.9 Å². The molecule has 5 rings (SSSR count). The van der Waals surface area contributed by atoms with Crippen molar-refractivity contribution < 1.29 is 22.7 Å². The maximum Gasteiger partial charge on any atom is 0.245 e. The van der Waals surface area contributed by atoms with Gasteiger partial charge in [0.2, 0.25) is 15.9 Å². The van der Waals surface area contributed by atoms with Gasteiger partial charge in [-0.3, -0.25) is 4.79 Å². The summed E-state index contributed by atoms with van der Waals surface area (Å²) in [6, 6.07) is 9.16. The number of carbonyl (C=O) groups is 1. The number of amides is 1. The fraction of sp³-hybridized carbons (Fsp3) is 0.435. The van der Waals surface area contributed by atoms with Crippen molar-refractivity contribution in [3.63, 3.8) is 0 Å². The number of halogens is 1. The smallest absolute Gasteiger partial charge is 0.245 e. The van der Waals surface area contributed by atoms with E-state index in [0.29, 0.717) is 41.8 Å². The number of nitrogens with zero attached hydrogens (tertiary/aromatic N) is 2. The third-order valence-corrected chi connectivity index (χ3v) is 9.79. The van der Waals surface area contributed by atoms with Crippen LogP contribution in [0.4, 0.5) is 0 Å². The first-order chi connectivity index (χ1) is 15.4. The Labute approximate surface area is 196 Å². The number of rotatable bonds is 4. The van der Waals surface area contributed by atoms with Crippen LogP contribution in [-0.4, -0.2) is 56.4 Å². The molecule has 2 fully saturated rings. The van der Waals surface area contributed by atoms with Crippen molar-refractivity contribution in [1.82, 2.24) is 9.21 Å². The zero-order valence-electron chi connectivity index (χ0n) is 18.0. The van der Waals surface area contributed by atoms with E-state index >= 15 is 0 Å². The molecular weight excluding hydrogens is 496 g/mol. The lowest BCUT2D eigenvalue weighted by atomic mass is 9.79. The molecule has 2 aromatic carbocycles. The van der Waals surface area contributed by atoms with Crippen LogP contribution in [0.15, 0.2) is 45.8 Å². The Morgan fingerprint density at radius 3 is 2.59 bits per heavy atom. The Balaban J connectivity index is 1.68. The van der Waals surface area contributed by atoms with Crippen molar-refractivity contribution in [1.29, 1.82) is 0 Å². The lowest BCUT2D eigenvalue weighted by Crippen LogP contribution is -2.67. The molecule has 0 spiro atoms.